The predicted octanol–water partition coefficient (Wildman–Crippen LogP) is -0.847. The highest BCUT2D eigenvalue weighted by Gasteiger charge is 2.09. The lowest BCUT2D eigenvalue weighted by atomic mass is 10.4. The van der Waals surface area contributed by atoms with Crippen LogP contribution in [0, 0.1) is 0 Å². The second-order valence-electron chi connectivity index (χ2n) is 1.57. The highest BCUT2D eigenvalue weighted by atomic mass is 32.3. The van der Waals surface area contributed by atoms with Gasteiger partial charge in [-0.05, 0) is 6.92 Å². The van der Waals surface area contributed by atoms with Crippen LogP contribution >= 0.6 is 0 Å². The molecular formula is C3H9NO4S. The maximum atomic E-state index is 9.88. The van der Waals surface area contributed by atoms with Crippen molar-refractivity contribution in [3.05, 3.63) is 0 Å². The summed E-state index contributed by atoms with van der Waals surface area (Å²) in [5.74, 6) is 0. The molecule has 0 unspecified atom stereocenters. The molecule has 0 rings (SSSR count). The summed E-state index contributed by atoms with van der Waals surface area (Å²) in [6.45, 7) is 1.49. The minimum atomic E-state index is -4.32. The van der Waals surface area contributed by atoms with Crippen LogP contribution in [0.1, 0.15) is 6.92 Å². The highest BCUT2D eigenvalue weighted by Crippen LogP contribution is 1.92. The van der Waals surface area contributed by atoms with E-state index in [1.165, 1.54) is 6.92 Å². The zero-order chi connectivity index (χ0) is 7.49. The monoisotopic (exact) mass is 155 g/mol. The first kappa shape index (κ1) is 8.83. The van der Waals surface area contributed by atoms with E-state index in [1.54, 1.807) is 0 Å². The Kier molecular flexibility index (Phi) is 3.06. The summed E-state index contributed by atoms with van der Waals surface area (Å²) in [5.41, 5.74) is 4.98. The molecule has 0 heterocycles. The van der Waals surface area contributed by atoms with E-state index in [0.717, 1.165) is 0 Å². The molecule has 0 fully saturated rings. The Bertz CT molecular complexity index is 163. The molecule has 0 aromatic heterocycles. The Morgan fingerprint density at radius 3 is 2.33 bits per heavy atom. The van der Waals surface area contributed by atoms with Crippen molar-refractivity contribution in [1.82, 2.24) is 0 Å². The summed E-state index contributed by atoms with van der Waals surface area (Å²) in [7, 11) is -4.32. The van der Waals surface area contributed by atoms with Crippen LogP contribution < -0.4 is 5.73 Å². The van der Waals surface area contributed by atoms with Gasteiger partial charge in [0.05, 0.1) is 6.10 Å². The molecule has 0 aromatic carbocycles. The fraction of sp³-hybridized carbons (Fsp3) is 1.00. The fourth-order valence-electron chi connectivity index (χ4n) is 0.247. The average Bonchev–Trinajstić information content (AvgIpc) is 1.62. The largest absolute Gasteiger partial charge is 0.397 e. The maximum Gasteiger partial charge on any atom is 0.397 e. The van der Waals surface area contributed by atoms with Crippen LogP contribution in [0.3, 0.4) is 0 Å². The quantitative estimate of drug-likeness (QED) is 0.518. The molecule has 0 aliphatic heterocycles. The lowest BCUT2D eigenvalue weighted by Gasteiger charge is -2.04. The first-order chi connectivity index (χ1) is 3.95. The third kappa shape index (κ3) is 5.71. The molecule has 56 valence electrons. The van der Waals surface area contributed by atoms with Crippen molar-refractivity contribution in [2.75, 3.05) is 6.54 Å². The summed E-state index contributed by atoms with van der Waals surface area (Å²) < 4.78 is 31.8. The van der Waals surface area contributed by atoms with Crippen LogP contribution in [0.5, 0.6) is 0 Å². The molecule has 0 spiro atoms. The molecule has 3 N–H and O–H groups in total. The van der Waals surface area contributed by atoms with Gasteiger partial charge in [-0.1, -0.05) is 0 Å². The van der Waals surface area contributed by atoms with Gasteiger partial charge in [0.15, 0.2) is 0 Å². The van der Waals surface area contributed by atoms with E-state index < -0.39 is 16.5 Å². The highest BCUT2D eigenvalue weighted by molar-refractivity contribution is 7.80. The van der Waals surface area contributed by atoms with E-state index in [0.29, 0.717) is 0 Å². The molecule has 0 radical (unpaired) electrons. The van der Waals surface area contributed by atoms with Crippen molar-refractivity contribution in [1.29, 1.82) is 0 Å². The molecule has 0 aliphatic carbocycles. The van der Waals surface area contributed by atoms with E-state index in [-0.39, 0.29) is 6.54 Å². The van der Waals surface area contributed by atoms with Gasteiger partial charge in [0, 0.05) is 6.54 Å². The van der Waals surface area contributed by atoms with Crippen molar-refractivity contribution in [2.45, 2.75) is 13.0 Å². The van der Waals surface area contributed by atoms with E-state index in [2.05, 4.69) is 4.18 Å². The molecule has 1 atom stereocenters. The Morgan fingerprint density at radius 2 is 2.22 bits per heavy atom. The van der Waals surface area contributed by atoms with Crippen LogP contribution in [0.25, 0.3) is 0 Å². The fourth-order valence-corrected chi connectivity index (χ4v) is 0.741. The summed E-state index contributed by atoms with van der Waals surface area (Å²) in [6.07, 6.45) is -0.667. The lowest BCUT2D eigenvalue weighted by molar-refractivity contribution is 0.204. The summed E-state index contributed by atoms with van der Waals surface area (Å²) in [6, 6.07) is 0. The normalized spacial score (nSPS) is 15.4. The van der Waals surface area contributed by atoms with Gasteiger partial charge in [0.25, 0.3) is 0 Å². The van der Waals surface area contributed by atoms with Crippen LogP contribution in [-0.2, 0) is 14.6 Å². The van der Waals surface area contributed by atoms with Gasteiger partial charge in [-0.25, -0.2) is 4.18 Å². The summed E-state index contributed by atoms with van der Waals surface area (Å²) in [5, 5.41) is 0. The molecule has 5 nitrogen and oxygen atoms in total. The van der Waals surface area contributed by atoms with Crippen molar-refractivity contribution < 1.29 is 17.2 Å². The molecule has 0 aromatic rings. The van der Waals surface area contributed by atoms with E-state index in [4.69, 9.17) is 10.3 Å². The summed E-state index contributed by atoms with van der Waals surface area (Å²) in [4.78, 5) is 0. The minimum absolute atomic E-state index is 0.0553. The Labute approximate surface area is 53.8 Å². The molecule has 0 saturated carbocycles. The molecule has 9 heavy (non-hydrogen) atoms. The van der Waals surface area contributed by atoms with Gasteiger partial charge in [-0.2, -0.15) is 8.42 Å². The van der Waals surface area contributed by atoms with Gasteiger partial charge in [-0.3, -0.25) is 4.55 Å². The second-order valence-corrected chi connectivity index (χ2v) is 2.62. The number of rotatable bonds is 3. The minimum Gasteiger partial charge on any atom is -0.328 e. The predicted molar refractivity (Wildman–Crippen MR) is 31.1 cm³/mol. The topological polar surface area (TPSA) is 89.6 Å². The van der Waals surface area contributed by atoms with Crippen LogP contribution in [-0.4, -0.2) is 25.6 Å². The Morgan fingerprint density at radius 1 is 1.78 bits per heavy atom. The standard InChI is InChI=1S/C3H9NO4S/c1-3(2-4)8-9(5,6)7/h3H,2,4H2,1H3,(H,5,6,7)/t3-/m1/s1. The van der Waals surface area contributed by atoms with Crippen molar-refractivity contribution in [2.24, 2.45) is 5.73 Å². The Balaban J connectivity index is 3.75. The molecular weight excluding hydrogens is 146 g/mol. The van der Waals surface area contributed by atoms with E-state index in [9.17, 15) is 8.42 Å². The van der Waals surface area contributed by atoms with Gasteiger partial charge >= 0.3 is 10.4 Å². The molecule has 0 saturated heterocycles. The molecule has 0 aliphatic rings. The molecule has 0 amide bonds. The van der Waals surface area contributed by atoms with Crippen molar-refractivity contribution >= 4 is 10.4 Å². The zero-order valence-corrected chi connectivity index (χ0v) is 5.76. The van der Waals surface area contributed by atoms with Gasteiger partial charge in [-0.15, -0.1) is 0 Å². The first-order valence-corrected chi connectivity index (χ1v) is 3.68. The van der Waals surface area contributed by atoms with Crippen molar-refractivity contribution in [3.8, 4) is 0 Å². The maximum absolute atomic E-state index is 9.88. The smallest absolute Gasteiger partial charge is 0.328 e. The van der Waals surface area contributed by atoms with Crippen molar-refractivity contribution in [3.63, 3.8) is 0 Å². The third-order valence-corrected chi connectivity index (χ3v) is 1.19. The van der Waals surface area contributed by atoms with Crippen LogP contribution in [0.15, 0.2) is 0 Å². The average molecular weight is 155 g/mol. The lowest BCUT2D eigenvalue weighted by Crippen LogP contribution is -2.23. The van der Waals surface area contributed by atoms with Gasteiger partial charge < -0.3 is 5.73 Å². The van der Waals surface area contributed by atoms with Gasteiger partial charge in [0.2, 0.25) is 0 Å². The number of nitrogens with two attached hydrogens (primary N) is 1. The first-order valence-electron chi connectivity index (χ1n) is 2.31. The SMILES string of the molecule is C[C@H](CN)OS(=O)(=O)O. The number of hydrogen-bond donors (Lipinski definition) is 2. The van der Waals surface area contributed by atoms with Crippen LogP contribution in [0.2, 0.25) is 0 Å². The second kappa shape index (κ2) is 3.11. The third-order valence-electron chi connectivity index (χ3n) is 0.618. The van der Waals surface area contributed by atoms with E-state index >= 15 is 0 Å². The summed E-state index contributed by atoms with van der Waals surface area (Å²) >= 11 is 0. The molecule has 0 bridgehead atoms. The van der Waals surface area contributed by atoms with Gasteiger partial charge in [0.1, 0.15) is 0 Å². The number of hydrogen-bond acceptors (Lipinski definition) is 4. The Hall–Kier alpha value is -0.170. The van der Waals surface area contributed by atoms with E-state index in [1.807, 2.05) is 0 Å². The molecule has 6 heteroatoms. The van der Waals surface area contributed by atoms with Crippen LogP contribution in [0.4, 0.5) is 0 Å². The zero-order valence-electron chi connectivity index (χ0n) is 4.94.